The van der Waals surface area contributed by atoms with Gasteiger partial charge in [-0.2, -0.15) is 0 Å². The normalized spacial score (nSPS) is 24.3. The molecule has 2 atom stereocenters. The Balaban J connectivity index is 1.17. The standard InChI is InChI=1S/C27H28N2O5S/c30-24(31)22-15-35-23(16-10-11-16)29(22)25(32)27(12-5-13-27)28-26(33)34-14-21-19-8-3-1-6-17(19)18-7-2-4-9-20(18)21/h1-4,6-9,16,21-23H,5,10-15H2,(H,28,33)(H,30,31). The number of nitrogens with zero attached hydrogens (tertiary/aromatic N) is 1. The highest BCUT2D eigenvalue weighted by Gasteiger charge is 2.56. The maximum absolute atomic E-state index is 13.7. The minimum absolute atomic E-state index is 0.0631. The predicted octanol–water partition coefficient (Wildman–Crippen LogP) is 4.21. The Morgan fingerprint density at radius 3 is 2.20 bits per heavy atom. The molecule has 1 saturated heterocycles. The van der Waals surface area contributed by atoms with Crippen molar-refractivity contribution in [1.29, 1.82) is 0 Å². The van der Waals surface area contributed by atoms with Crippen LogP contribution in [0.2, 0.25) is 0 Å². The smallest absolute Gasteiger partial charge is 0.408 e. The minimum atomic E-state index is -1.08. The summed E-state index contributed by atoms with van der Waals surface area (Å²) in [6.07, 6.45) is 3.22. The maximum Gasteiger partial charge on any atom is 0.408 e. The van der Waals surface area contributed by atoms with Gasteiger partial charge in [-0.25, -0.2) is 9.59 Å². The van der Waals surface area contributed by atoms with Crippen molar-refractivity contribution in [2.75, 3.05) is 12.4 Å². The number of hydrogen-bond acceptors (Lipinski definition) is 5. The number of ether oxygens (including phenoxy) is 1. The zero-order valence-corrected chi connectivity index (χ0v) is 20.1. The van der Waals surface area contributed by atoms with Crippen LogP contribution >= 0.6 is 11.8 Å². The van der Waals surface area contributed by atoms with Crippen LogP contribution in [0.3, 0.4) is 0 Å². The van der Waals surface area contributed by atoms with Gasteiger partial charge in [0.1, 0.15) is 18.2 Å². The molecule has 0 aromatic heterocycles. The van der Waals surface area contributed by atoms with Gasteiger partial charge in [0, 0.05) is 11.7 Å². The molecule has 3 aliphatic carbocycles. The molecule has 182 valence electrons. The quantitative estimate of drug-likeness (QED) is 0.627. The third-order valence-corrected chi connectivity index (χ3v) is 9.34. The molecule has 2 amide bonds. The van der Waals surface area contributed by atoms with E-state index in [1.807, 2.05) is 24.3 Å². The first kappa shape index (κ1) is 22.5. The lowest BCUT2D eigenvalue weighted by atomic mass is 9.75. The molecule has 0 spiro atoms. The molecule has 8 heteroatoms. The highest BCUT2D eigenvalue weighted by atomic mass is 32.2. The molecule has 2 unspecified atom stereocenters. The third kappa shape index (κ3) is 3.78. The van der Waals surface area contributed by atoms with E-state index in [0.29, 0.717) is 24.5 Å². The number of hydrogen-bond donors (Lipinski definition) is 2. The summed E-state index contributed by atoms with van der Waals surface area (Å²) in [6, 6.07) is 15.4. The van der Waals surface area contributed by atoms with E-state index in [9.17, 15) is 19.5 Å². The van der Waals surface area contributed by atoms with Crippen molar-refractivity contribution in [3.63, 3.8) is 0 Å². The molecule has 2 N–H and O–H groups in total. The fraction of sp³-hybridized carbons (Fsp3) is 0.444. The highest BCUT2D eigenvalue weighted by molar-refractivity contribution is 8.00. The van der Waals surface area contributed by atoms with E-state index in [1.54, 1.807) is 16.7 Å². The van der Waals surface area contributed by atoms with Crippen LogP contribution in [0, 0.1) is 5.92 Å². The van der Waals surface area contributed by atoms with Crippen LogP contribution in [0.1, 0.15) is 49.1 Å². The highest BCUT2D eigenvalue weighted by Crippen LogP contribution is 2.48. The van der Waals surface area contributed by atoms with E-state index in [4.69, 9.17) is 4.74 Å². The summed E-state index contributed by atoms with van der Waals surface area (Å²) in [6.45, 7) is 0.173. The fourth-order valence-electron chi connectivity index (χ4n) is 5.72. The van der Waals surface area contributed by atoms with Crippen LogP contribution in [0.15, 0.2) is 48.5 Å². The van der Waals surface area contributed by atoms with Crippen molar-refractivity contribution in [2.24, 2.45) is 5.92 Å². The molecular weight excluding hydrogens is 464 g/mol. The molecule has 35 heavy (non-hydrogen) atoms. The molecule has 2 aromatic rings. The number of alkyl carbamates (subject to hydrolysis) is 1. The molecule has 6 rings (SSSR count). The van der Waals surface area contributed by atoms with Crippen molar-refractivity contribution in [3.8, 4) is 11.1 Å². The molecule has 2 saturated carbocycles. The summed E-state index contributed by atoms with van der Waals surface area (Å²) in [5, 5.41) is 12.5. The molecule has 3 fully saturated rings. The molecule has 0 bridgehead atoms. The Bertz CT molecular complexity index is 1150. The molecule has 1 aliphatic heterocycles. The zero-order valence-electron chi connectivity index (χ0n) is 19.3. The van der Waals surface area contributed by atoms with E-state index in [0.717, 1.165) is 41.5 Å². The van der Waals surface area contributed by atoms with Gasteiger partial charge in [0.2, 0.25) is 5.91 Å². The zero-order chi connectivity index (χ0) is 24.2. The number of amides is 2. The van der Waals surface area contributed by atoms with E-state index in [1.165, 1.54) is 0 Å². The van der Waals surface area contributed by atoms with Gasteiger partial charge in [0.05, 0.1) is 5.37 Å². The Morgan fingerprint density at radius 1 is 1.03 bits per heavy atom. The lowest BCUT2D eigenvalue weighted by Crippen LogP contribution is -2.66. The average Bonchev–Trinajstić information content (AvgIpc) is 3.50. The summed E-state index contributed by atoms with van der Waals surface area (Å²) in [5.41, 5.74) is 3.48. The molecule has 0 radical (unpaired) electrons. The number of benzene rings is 2. The maximum atomic E-state index is 13.7. The number of carboxylic acid groups (broad SMARTS) is 1. The van der Waals surface area contributed by atoms with Gasteiger partial charge in [0.25, 0.3) is 0 Å². The number of carbonyl (C=O) groups excluding carboxylic acids is 2. The first-order chi connectivity index (χ1) is 17.0. The van der Waals surface area contributed by atoms with Crippen molar-refractivity contribution in [2.45, 2.75) is 55.0 Å². The molecular formula is C27H28N2O5S. The van der Waals surface area contributed by atoms with Crippen LogP contribution in [-0.4, -0.2) is 57.3 Å². The van der Waals surface area contributed by atoms with Gasteiger partial charge in [-0.3, -0.25) is 4.79 Å². The lowest BCUT2D eigenvalue weighted by Gasteiger charge is -2.44. The van der Waals surface area contributed by atoms with Crippen LogP contribution in [-0.2, 0) is 14.3 Å². The van der Waals surface area contributed by atoms with Gasteiger partial charge >= 0.3 is 12.1 Å². The first-order valence-electron chi connectivity index (χ1n) is 12.3. The second-order valence-electron chi connectivity index (χ2n) is 10.0. The van der Waals surface area contributed by atoms with Crippen LogP contribution in [0.25, 0.3) is 11.1 Å². The second-order valence-corrected chi connectivity index (χ2v) is 11.2. The number of nitrogens with one attached hydrogen (secondary N) is 1. The minimum Gasteiger partial charge on any atom is -0.480 e. The molecule has 4 aliphatic rings. The summed E-state index contributed by atoms with van der Waals surface area (Å²) in [5.74, 6) is -0.577. The first-order valence-corrected chi connectivity index (χ1v) is 13.3. The number of thioether (sulfide) groups is 1. The van der Waals surface area contributed by atoms with Crippen LogP contribution in [0.5, 0.6) is 0 Å². The summed E-state index contributed by atoms with van der Waals surface area (Å²) < 4.78 is 5.70. The van der Waals surface area contributed by atoms with Crippen molar-refractivity contribution < 1.29 is 24.2 Å². The Morgan fingerprint density at radius 2 is 1.66 bits per heavy atom. The van der Waals surface area contributed by atoms with Gasteiger partial charge < -0.3 is 20.1 Å². The third-order valence-electron chi connectivity index (χ3n) is 7.88. The topological polar surface area (TPSA) is 95.9 Å². The average molecular weight is 493 g/mol. The van der Waals surface area contributed by atoms with Crippen molar-refractivity contribution in [3.05, 3.63) is 59.7 Å². The Labute approximate surface area is 208 Å². The van der Waals surface area contributed by atoms with E-state index in [-0.39, 0.29) is 23.8 Å². The lowest BCUT2D eigenvalue weighted by molar-refractivity contribution is -0.154. The van der Waals surface area contributed by atoms with Gasteiger partial charge in [-0.15, -0.1) is 11.8 Å². The molecule has 7 nitrogen and oxygen atoms in total. The van der Waals surface area contributed by atoms with E-state index < -0.39 is 23.6 Å². The van der Waals surface area contributed by atoms with Crippen LogP contribution in [0.4, 0.5) is 4.79 Å². The fourth-order valence-corrected chi connectivity index (χ4v) is 7.35. The monoisotopic (exact) mass is 492 g/mol. The summed E-state index contributed by atoms with van der Waals surface area (Å²) >= 11 is 1.55. The van der Waals surface area contributed by atoms with Gasteiger partial charge in [-0.1, -0.05) is 48.5 Å². The van der Waals surface area contributed by atoms with E-state index >= 15 is 0 Å². The van der Waals surface area contributed by atoms with Gasteiger partial charge in [0.15, 0.2) is 0 Å². The SMILES string of the molecule is O=C(NC1(C(=O)N2C(C(=O)O)CSC2C2CC2)CCC1)OCC1c2ccccc2-c2ccccc21. The Hall–Kier alpha value is -3.00. The number of rotatable bonds is 6. The number of carboxylic acids is 1. The summed E-state index contributed by atoms with van der Waals surface area (Å²) in [4.78, 5) is 40.1. The molecule has 1 heterocycles. The predicted molar refractivity (Wildman–Crippen MR) is 132 cm³/mol. The summed E-state index contributed by atoms with van der Waals surface area (Å²) in [7, 11) is 0. The van der Waals surface area contributed by atoms with Crippen molar-refractivity contribution >= 4 is 29.7 Å². The number of aliphatic carboxylic acids is 1. The Kier molecular flexibility index (Phi) is 5.51. The van der Waals surface area contributed by atoms with Crippen LogP contribution < -0.4 is 5.32 Å². The largest absolute Gasteiger partial charge is 0.480 e. The second kappa shape index (κ2) is 8.59. The number of carbonyl (C=O) groups is 3. The van der Waals surface area contributed by atoms with Gasteiger partial charge in [-0.05, 0) is 60.3 Å². The number of fused-ring (bicyclic) bond motifs is 3. The molecule has 2 aromatic carbocycles. The van der Waals surface area contributed by atoms with Crippen molar-refractivity contribution in [1.82, 2.24) is 10.2 Å². The van der Waals surface area contributed by atoms with E-state index in [2.05, 4.69) is 29.6 Å².